The maximum Gasteiger partial charge on any atom is 0.324 e. The van der Waals surface area contributed by atoms with Crippen LogP contribution >= 0.6 is 0 Å². The van der Waals surface area contributed by atoms with Gasteiger partial charge in [-0.2, -0.15) is 5.26 Å². The summed E-state index contributed by atoms with van der Waals surface area (Å²) in [5.41, 5.74) is -1.46. The lowest BCUT2D eigenvalue weighted by molar-refractivity contribution is -0.165. The van der Waals surface area contributed by atoms with Gasteiger partial charge in [0.2, 0.25) is 0 Å². The van der Waals surface area contributed by atoms with Gasteiger partial charge < -0.3 is 9.84 Å². The molecule has 5 nitrogen and oxygen atoms in total. The molecule has 5 heteroatoms. The molecule has 1 saturated carbocycles. The number of carbonyl (C=O) groups excluding carboxylic acids is 1. The van der Waals surface area contributed by atoms with Crippen molar-refractivity contribution in [2.24, 2.45) is 11.3 Å². The molecule has 0 heterocycles. The van der Waals surface area contributed by atoms with Crippen molar-refractivity contribution in [3.8, 4) is 6.07 Å². The van der Waals surface area contributed by atoms with Crippen LogP contribution in [0.4, 0.5) is 0 Å². The highest BCUT2D eigenvalue weighted by Crippen LogP contribution is 2.55. The van der Waals surface area contributed by atoms with Crippen molar-refractivity contribution in [2.45, 2.75) is 39.2 Å². The molecule has 2 aromatic carbocycles. The molecule has 1 aliphatic rings. The summed E-state index contributed by atoms with van der Waals surface area (Å²) in [6.07, 6.45) is 0.657. The van der Waals surface area contributed by atoms with Gasteiger partial charge in [-0.1, -0.05) is 55.5 Å². The molecule has 0 aromatic heterocycles. The predicted octanol–water partition coefficient (Wildman–Crippen LogP) is 4.17. The first kappa shape index (κ1) is 19.5. The van der Waals surface area contributed by atoms with E-state index in [-0.39, 0.29) is 18.9 Å². The Bertz CT molecular complexity index is 761. The molecular weight excluding hydrogens is 330 g/mol. The number of fused-ring (bicyclic) bond motifs is 1. The Morgan fingerprint density at radius 2 is 1.73 bits per heavy atom. The fraction of sp³-hybridized carbons (Fsp3) is 0.381. The zero-order chi connectivity index (χ0) is 19.2. The van der Waals surface area contributed by atoms with E-state index in [2.05, 4.69) is 48.5 Å². The zero-order valence-electron chi connectivity index (χ0n) is 15.0. The molecule has 1 fully saturated rings. The fourth-order valence-corrected chi connectivity index (χ4v) is 2.79. The van der Waals surface area contributed by atoms with Gasteiger partial charge in [0.05, 0.1) is 12.2 Å². The minimum absolute atomic E-state index is 0.0852. The number of carbonyl (C=O) groups is 2. The van der Waals surface area contributed by atoms with Gasteiger partial charge in [0, 0.05) is 12.3 Å². The maximum absolute atomic E-state index is 11.7. The molecule has 3 unspecified atom stereocenters. The number of hydrogen-bond acceptors (Lipinski definition) is 4. The largest absolute Gasteiger partial charge is 0.480 e. The third-order valence-corrected chi connectivity index (χ3v) is 4.73. The van der Waals surface area contributed by atoms with Gasteiger partial charge in [-0.15, -0.1) is 0 Å². The highest BCUT2D eigenvalue weighted by Gasteiger charge is 2.67. The van der Waals surface area contributed by atoms with Crippen molar-refractivity contribution < 1.29 is 19.4 Å². The van der Waals surface area contributed by atoms with E-state index in [0.717, 1.165) is 0 Å². The average Bonchev–Trinajstić information content (AvgIpc) is 3.38. The normalized spacial score (nSPS) is 21.7. The van der Waals surface area contributed by atoms with Crippen molar-refractivity contribution in [1.82, 2.24) is 0 Å². The second kappa shape index (κ2) is 8.48. The molecule has 0 amide bonds. The number of esters is 1. The topological polar surface area (TPSA) is 87.4 Å². The van der Waals surface area contributed by atoms with Crippen molar-refractivity contribution in [2.75, 3.05) is 0 Å². The lowest BCUT2D eigenvalue weighted by Gasteiger charge is -2.15. The SMILES string of the molecule is CCC(C)OC(=O)C1(C(=O)O)CC1CC#N.c1ccc2ccccc2c1. The summed E-state index contributed by atoms with van der Waals surface area (Å²) in [6.45, 7) is 3.57. The molecule has 3 atom stereocenters. The predicted molar refractivity (Wildman–Crippen MR) is 98.2 cm³/mol. The minimum atomic E-state index is -1.46. The van der Waals surface area contributed by atoms with Crippen LogP contribution in [0.2, 0.25) is 0 Å². The Morgan fingerprint density at radius 3 is 2.12 bits per heavy atom. The molecule has 136 valence electrons. The van der Waals surface area contributed by atoms with Gasteiger partial charge in [-0.25, -0.2) is 0 Å². The summed E-state index contributed by atoms with van der Waals surface area (Å²) in [7, 11) is 0. The lowest BCUT2D eigenvalue weighted by Crippen LogP contribution is -2.32. The monoisotopic (exact) mass is 353 g/mol. The summed E-state index contributed by atoms with van der Waals surface area (Å²) in [5.74, 6) is -2.28. The third kappa shape index (κ3) is 4.20. The summed E-state index contributed by atoms with van der Waals surface area (Å²) in [6, 6.07) is 18.6. The summed E-state index contributed by atoms with van der Waals surface area (Å²) < 4.78 is 5.04. The van der Waals surface area contributed by atoms with E-state index < -0.39 is 23.3 Å². The molecule has 1 aliphatic carbocycles. The molecular formula is C21H23NO4. The summed E-state index contributed by atoms with van der Waals surface area (Å²) in [4.78, 5) is 22.8. The first-order valence-electron chi connectivity index (χ1n) is 8.70. The molecule has 26 heavy (non-hydrogen) atoms. The zero-order valence-corrected chi connectivity index (χ0v) is 15.0. The van der Waals surface area contributed by atoms with Gasteiger partial charge in [-0.05, 0) is 30.5 Å². The van der Waals surface area contributed by atoms with Crippen LogP contribution in [0, 0.1) is 22.7 Å². The van der Waals surface area contributed by atoms with Gasteiger partial charge in [-0.3, -0.25) is 9.59 Å². The first-order chi connectivity index (χ1) is 12.5. The van der Waals surface area contributed by atoms with Crippen molar-refractivity contribution in [3.05, 3.63) is 48.5 Å². The number of carboxylic acid groups (broad SMARTS) is 1. The number of nitrogens with zero attached hydrogens (tertiary/aromatic N) is 1. The number of nitriles is 1. The molecule has 2 aromatic rings. The molecule has 0 saturated heterocycles. The van der Waals surface area contributed by atoms with Gasteiger partial charge in [0.15, 0.2) is 5.41 Å². The number of benzene rings is 2. The van der Waals surface area contributed by atoms with Gasteiger partial charge >= 0.3 is 11.9 Å². The Balaban J connectivity index is 0.000000206. The standard InChI is InChI=1S/C11H15NO4.C10H8/c1-3-7(2)16-10(15)11(9(13)14)6-8(11)4-5-12;1-2-6-10-8-4-3-7-9(10)5-1/h7-8H,3-4,6H2,1-2H3,(H,13,14);1-8H. The van der Waals surface area contributed by atoms with E-state index in [1.54, 1.807) is 6.92 Å². The van der Waals surface area contributed by atoms with Crippen molar-refractivity contribution >= 4 is 22.7 Å². The second-order valence-electron chi connectivity index (χ2n) is 6.51. The van der Waals surface area contributed by atoms with Crippen LogP contribution in [0.3, 0.4) is 0 Å². The first-order valence-corrected chi connectivity index (χ1v) is 8.70. The smallest absolute Gasteiger partial charge is 0.324 e. The van der Waals surface area contributed by atoms with Crippen LogP contribution in [0.25, 0.3) is 10.8 Å². The number of hydrogen-bond donors (Lipinski definition) is 1. The minimum Gasteiger partial charge on any atom is -0.480 e. The molecule has 0 radical (unpaired) electrons. The Hall–Kier alpha value is -2.87. The van der Waals surface area contributed by atoms with E-state index in [1.807, 2.05) is 13.0 Å². The molecule has 0 aliphatic heterocycles. The van der Waals surface area contributed by atoms with Crippen LogP contribution in [-0.2, 0) is 14.3 Å². The van der Waals surface area contributed by atoms with Gasteiger partial charge in [0.1, 0.15) is 0 Å². The van der Waals surface area contributed by atoms with Crippen molar-refractivity contribution in [1.29, 1.82) is 5.26 Å². The Labute approximate surface area is 153 Å². The number of ether oxygens (including phenoxy) is 1. The van der Waals surface area contributed by atoms with Crippen molar-refractivity contribution in [3.63, 3.8) is 0 Å². The van der Waals surface area contributed by atoms with E-state index >= 15 is 0 Å². The lowest BCUT2D eigenvalue weighted by atomic mass is 10.0. The summed E-state index contributed by atoms with van der Waals surface area (Å²) >= 11 is 0. The Kier molecular flexibility index (Phi) is 6.35. The Morgan fingerprint density at radius 1 is 1.23 bits per heavy atom. The van der Waals surface area contributed by atoms with Crippen LogP contribution in [-0.4, -0.2) is 23.1 Å². The van der Waals surface area contributed by atoms with E-state index in [1.165, 1.54) is 10.8 Å². The highest BCUT2D eigenvalue weighted by molar-refractivity contribution is 6.03. The molecule has 0 bridgehead atoms. The van der Waals surface area contributed by atoms with Crippen LogP contribution < -0.4 is 0 Å². The fourth-order valence-electron chi connectivity index (χ4n) is 2.79. The van der Waals surface area contributed by atoms with E-state index in [0.29, 0.717) is 6.42 Å². The van der Waals surface area contributed by atoms with Crippen LogP contribution in [0.1, 0.15) is 33.1 Å². The van der Waals surface area contributed by atoms with E-state index in [9.17, 15) is 9.59 Å². The second-order valence-corrected chi connectivity index (χ2v) is 6.51. The van der Waals surface area contributed by atoms with Gasteiger partial charge in [0.25, 0.3) is 0 Å². The summed E-state index contributed by atoms with van der Waals surface area (Å²) in [5, 5.41) is 20.2. The van der Waals surface area contributed by atoms with E-state index in [4.69, 9.17) is 15.1 Å². The number of carboxylic acids is 1. The molecule has 1 N–H and O–H groups in total. The average molecular weight is 353 g/mol. The molecule has 3 rings (SSSR count). The van der Waals surface area contributed by atoms with Crippen LogP contribution in [0.5, 0.6) is 0 Å². The number of rotatable bonds is 5. The number of aliphatic carboxylic acids is 1. The highest BCUT2D eigenvalue weighted by atomic mass is 16.5. The van der Waals surface area contributed by atoms with Crippen LogP contribution in [0.15, 0.2) is 48.5 Å². The quantitative estimate of drug-likeness (QED) is 0.644. The molecule has 0 spiro atoms. The maximum atomic E-state index is 11.7. The third-order valence-electron chi connectivity index (χ3n) is 4.73.